The third kappa shape index (κ3) is 3.64. The van der Waals surface area contributed by atoms with Gasteiger partial charge in [-0.25, -0.2) is 9.37 Å². The summed E-state index contributed by atoms with van der Waals surface area (Å²) in [6, 6.07) is 14.5. The zero-order chi connectivity index (χ0) is 24.2. The molecular weight excluding hydrogens is 448 g/mol. The lowest BCUT2D eigenvalue weighted by Crippen LogP contribution is -2.50. The highest BCUT2D eigenvalue weighted by molar-refractivity contribution is 6.98. The number of hydrogen-bond acceptors (Lipinski definition) is 2. The maximum atomic E-state index is 12.3. The first-order chi connectivity index (χ1) is 16.9. The molecule has 0 atom stereocenters. The van der Waals surface area contributed by atoms with Gasteiger partial charge in [0.05, 0.1) is 5.56 Å². The highest BCUT2D eigenvalue weighted by Crippen LogP contribution is 2.43. The normalized spacial score (nSPS) is 20.7. The summed E-state index contributed by atoms with van der Waals surface area (Å²) in [7, 11) is -2.04. The van der Waals surface area contributed by atoms with Crippen molar-refractivity contribution in [2.75, 3.05) is 31.1 Å². The van der Waals surface area contributed by atoms with E-state index in [-0.39, 0.29) is 0 Å². The van der Waals surface area contributed by atoms with Gasteiger partial charge in [0.1, 0.15) is 21.2 Å². The van der Waals surface area contributed by atoms with Crippen LogP contribution >= 0.6 is 0 Å². The molecule has 35 heavy (non-hydrogen) atoms. The van der Waals surface area contributed by atoms with Crippen molar-refractivity contribution in [1.29, 1.82) is 0 Å². The third-order valence-corrected chi connectivity index (χ3v) is 11.8. The maximum absolute atomic E-state index is 12.3. The van der Waals surface area contributed by atoms with E-state index in [0.29, 0.717) is 5.56 Å². The van der Waals surface area contributed by atoms with Gasteiger partial charge in [0, 0.05) is 43.8 Å². The molecule has 2 fully saturated rings. The molecule has 2 saturated heterocycles. The zero-order valence-corrected chi connectivity index (χ0v) is 21.7. The van der Waals surface area contributed by atoms with Crippen LogP contribution in [0.15, 0.2) is 71.5 Å². The molecule has 5 heteroatoms. The fourth-order valence-electron chi connectivity index (χ4n) is 6.35. The molecule has 0 saturated carbocycles. The SMILES string of the molecule is C[Si]1(C)C2=CC(=[N+]3CCCC3)C=CC2=C(c2ccccc2C(=O)O)c2ccc(N3CCCC3)cc21. The van der Waals surface area contributed by atoms with Gasteiger partial charge in [-0.2, -0.15) is 0 Å². The summed E-state index contributed by atoms with van der Waals surface area (Å²) in [4.78, 5) is 14.8. The third-order valence-electron chi connectivity index (χ3n) is 8.26. The minimum Gasteiger partial charge on any atom is -0.478 e. The summed E-state index contributed by atoms with van der Waals surface area (Å²) in [5, 5.41) is 12.9. The van der Waals surface area contributed by atoms with Gasteiger partial charge in [-0.15, -0.1) is 0 Å². The summed E-state index contributed by atoms with van der Waals surface area (Å²) in [5.41, 5.74) is 7.29. The van der Waals surface area contributed by atoms with Crippen LogP contribution in [0.2, 0.25) is 13.1 Å². The number of nitrogens with zero attached hydrogens (tertiary/aromatic N) is 2. The Morgan fingerprint density at radius 2 is 1.69 bits per heavy atom. The molecule has 0 spiro atoms. The fourth-order valence-corrected chi connectivity index (χ4v) is 9.42. The molecule has 4 aliphatic rings. The van der Waals surface area contributed by atoms with Gasteiger partial charge in [-0.1, -0.05) is 37.4 Å². The quantitative estimate of drug-likeness (QED) is 0.496. The molecule has 1 aliphatic carbocycles. The molecular formula is C30H33N2O2Si+. The van der Waals surface area contributed by atoms with E-state index >= 15 is 0 Å². The van der Waals surface area contributed by atoms with Gasteiger partial charge in [0.25, 0.3) is 0 Å². The average molecular weight is 482 g/mol. The maximum Gasteiger partial charge on any atom is 0.336 e. The van der Waals surface area contributed by atoms with Gasteiger partial charge in [-0.05, 0) is 69.8 Å². The zero-order valence-electron chi connectivity index (χ0n) is 20.7. The van der Waals surface area contributed by atoms with Crippen molar-refractivity contribution in [1.82, 2.24) is 0 Å². The summed E-state index contributed by atoms with van der Waals surface area (Å²) in [5.74, 6) is -0.874. The molecule has 0 bridgehead atoms. The standard InChI is InChI=1S/C30H32N2O2Si/c1-35(2)27-19-21(31-15-5-6-16-31)11-13-25(27)29(23-9-3-4-10-24(23)30(33)34)26-14-12-22(20-28(26)35)32-17-7-8-18-32/h3-4,9-14,19-20H,5-8,15-18H2,1-2H3/p+1. The minimum absolute atomic E-state index is 0.369. The molecule has 0 aromatic heterocycles. The lowest BCUT2D eigenvalue weighted by Gasteiger charge is -2.38. The number of hydrogen-bond donors (Lipinski definition) is 1. The Bertz CT molecular complexity index is 1350. The van der Waals surface area contributed by atoms with Gasteiger partial charge >= 0.3 is 5.97 Å². The van der Waals surface area contributed by atoms with Crippen LogP contribution in [0.25, 0.3) is 5.57 Å². The number of benzene rings is 2. The smallest absolute Gasteiger partial charge is 0.336 e. The van der Waals surface area contributed by atoms with E-state index in [1.54, 1.807) is 6.07 Å². The lowest BCUT2D eigenvalue weighted by molar-refractivity contribution is -0.504. The number of carbonyl (C=O) groups is 1. The van der Waals surface area contributed by atoms with Crippen LogP contribution in [-0.2, 0) is 0 Å². The Morgan fingerprint density at radius 3 is 2.43 bits per heavy atom. The van der Waals surface area contributed by atoms with E-state index in [4.69, 9.17) is 0 Å². The Kier molecular flexibility index (Phi) is 5.41. The largest absolute Gasteiger partial charge is 0.478 e. The van der Waals surface area contributed by atoms with Crippen molar-refractivity contribution < 1.29 is 14.5 Å². The van der Waals surface area contributed by atoms with E-state index in [9.17, 15) is 9.90 Å². The first-order valence-electron chi connectivity index (χ1n) is 12.9. The topological polar surface area (TPSA) is 43.6 Å². The average Bonchev–Trinajstić information content (AvgIpc) is 3.59. The second-order valence-corrected chi connectivity index (χ2v) is 15.0. The summed E-state index contributed by atoms with van der Waals surface area (Å²) in [6.45, 7) is 9.41. The van der Waals surface area contributed by atoms with E-state index in [2.05, 4.69) is 59.0 Å². The number of fused-ring (bicyclic) bond motifs is 2. The van der Waals surface area contributed by atoms with Gasteiger partial charge in [0.15, 0.2) is 5.71 Å². The predicted molar refractivity (Wildman–Crippen MR) is 146 cm³/mol. The van der Waals surface area contributed by atoms with Crippen molar-refractivity contribution in [2.45, 2.75) is 38.8 Å². The number of rotatable bonds is 3. The van der Waals surface area contributed by atoms with Gasteiger partial charge in [-0.3, -0.25) is 0 Å². The van der Waals surface area contributed by atoms with Crippen LogP contribution in [0.1, 0.15) is 47.2 Å². The van der Waals surface area contributed by atoms with E-state index in [1.807, 2.05) is 18.2 Å². The Labute approximate surface area is 208 Å². The number of aromatic carboxylic acids is 1. The molecule has 6 rings (SSSR count). The summed E-state index contributed by atoms with van der Waals surface area (Å²) >= 11 is 0. The first kappa shape index (κ1) is 22.3. The number of allylic oxidation sites excluding steroid dienone is 5. The summed E-state index contributed by atoms with van der Waals surface area (Å²) < 4.78 is 2.51. The Hall–Kier alpha value is -3.18. The summed E-state index contributed by atoms with van der Waals surface area (Å²) in [6.07, 6.45) is 12.0. The molecule has 0 amide bonds. The van der Waals surface area contributed by atoms with Crippen LogP contribution in [0.3, 0.4) is 0 Å². The highest BCUT2D eigenvalue weighted by atomic mass is 28.3. The van der Waals surface area contributed by atoms with Crippen molar-refractivity contribution in [3.05, 3.63) is 88.2 Å². The molecule has 4 nitrogen and oxygen atoms in total. The van der Waals surface area contributed by atoms with Crippen molar-refractivity contribution in [3.63, 3.8) is 0 Å². The Morgan fingerprint density at radius 1 is 0.943 bits per heavy atom. The van der Waals surface area contributed by atoms with Crippen LogP contribution in [0.4, 0.5) is 5.69 Å². The second-order valence-electron chi connectivity index (χ2n) is 10.7. The van der Waals surface area contributed by atoms with Crippen LogP contribution < -0.4 is 10.1 Å². The Balaban J connectivity index is 1.63. The van der Waals surface area contributed by atoms with Crippen LogP contribution in [0, 0.1) is 0 Å². The first-order valence-corrected chi connectivity index (χ1v) is 15.9. The van der Waals surface area contributed by atoms with E-state index < -0.39 is 14.0 Å². The van der Waals surface area contributed by atoms with Crippen molar-refractivity contribution >= 4 is 36.2 Å². The van der Waals surface area contributed by atoms with Crippen molar-refractivity contribution in [2.24, 2.45) is 0 Å². The van der Waals surface area contributed by atoms with E-state index in [0.717, 1.165) is 37.3 Å². The fraction of sp³-hybridized carbons (Fsp3) is 0.333. The molecule has 2 aromatic carbocycles. The van der Waals surface area contributed by atoms with Crippen LogP contribution in [0.5, 0.6) is 0 Å². The lowest BCUT2D eigenvalue weighted by atomic mass is 9.87. The molecule has 2 aromatic rings. The van der Waals surface area contributed by atoms with Crippen LogP contribution in [-0.4, -0.2) is 55.6 Å². The van der Waals surface area contributed by atoms with Gasteiger partial charge in [0.2, 0.25) is 0 Å². The molecule has 0 unspecified atom stereocenters. The highest BCUT2D eigenvalue weighted by Gasteiger charge is 2.41. The number of carboxylic acids is 1. The second kappa shape index (κ2) is 8.49. The number of carboxylic acid groups (broad SMARTS) is 1. The predicted octanol–water partition coefficient (Wildman–Crippen LogP) is 5.00. The molecule has 1 N–H and O–H groups in total. The van der Waals surface area contributed by atoms with Gasteiger partial charge < -0.3 is 10.0 Å². The molecule has 3 heterocycles. The van der Waals surface area contributed by atoms with E-state index in [1.165, 1.54) is 58.6 Å². The minimum atomic E-state index is -2.04. The van der Waals surface area contributed by atoms with Crippen molar-refractivity contribution in [3.8, 4) is 0 Å². The molecule has 0 radical (unpaired) electrons. The molecule has 178 valence electrons. The monoisotopic (exact) mass is 481 g/mol. The molecule has 3 aliphatic heterocycles. The number of anilines is 1.